The van der Waals surface area contributed by atoms with E-state index in [9.17, 15) is 9.90 Å². The Bertz CT molecular complexity index is 265. The van der Waals surface area contributed by atoms with E-state index in [1.165, 1.54) is 0 Å². The summed E-state index contributed by atoms with van der Waals surface area (Å²) < 4.78 is 0. The lowest BCUT2D eigenvalue weighted by molar-refractivity contribution is 0.128. The largest absolute Gasteiger partial charge is 0.396 e. The summed E-state index contributed by atoms with van der Waals surface area (Å²) in [6.07, 6.45) is 0.817. The Morgan fingerprint density at radius 1 is 1.26 bits per heavy atom. The van der Waals surface area contributed by atoms with E-state index < -0.39 is 0 Å². The van der Waals surface area contributed by atoms with Gasteiger partial charge < -0.3 is 20.8 Å². The molecule has 0 saturated heterocycles. The van der Waals surface area contributed by atoms with Gasteiger partial charge in [-0.2, -0.15) is 0 Å². The van der Waals surface area contributed by atoms with Crippen molar-refractivity contribution in [1.82, 2.24) is 10.6 Å². The van der Waals surface area contributed by atoms with Crippen LogP contribution in [0.3, 0.4) is 0 Å². The van der Waals surface area contributed by atoms with Crippen molar-refractivity contribution in [2.75, 3.05) is 13.2 Å². The van der Waals surface area contributed by atoms with Crippen LogP contribution < -0.4 is 10.6 Å². The maximum atomic E-state index is 11.8. The van der Waals surface area contributed by atoms with Gasteiger partial charge in [-0.1, -0.05) is 27.7 Å². The maximum absolute atomic E-state index is 11.8. The molecule has 19 heavy (non-hydrogen) atoms. The van der Waals surface area contributed by atoms with Crippen LogP contribution in [0.5, 0.6) is 0 Å². The molecule has 114 valence electrons. The second kappa shape index (κ2) is 8.38. The highest BCUT2D eigenvalue weighted by Crippen LogP contribution is 2.20. The molecule has 0 aliphatic carbocycles. The smallest absolute Gasteiger partial charge is 0.315 e. The summed E-state index contributed by atoms with van der Waals surface area (Å²) in [5.74, 6) is 0.281. The van der Waals surface area contributed by atoms with Crippen LogP contribution in [-0.2, 0) is 0 Å². The number of carbonyl (C=O) groups excluding carboxylic acids is 1. The molecule has 0 radical (unpaired) electrons. The number of hydrogen-bond acceptors (Lipinski definition) is 3. The molecule has 0 aliphatic heterocycles. The molecular formula is C14H30N2O3. The fraction of sp³-hybridized carbons (Fsp3) is 0.929. The predicted octanol–water partition coefficient (Wildman–Crippen LogP) is 1.49. The summed E-state index contributed by atoms with van der Waals surface area (Å²) in [6.45, 7) is 10.4. The molecule has 0 aliphatic rings. The second-order valence-corrected chi connectivity index (χ2v) is 6.41. The first kappa shape index (κ1) is 18.2. The third-order valence-corrected chi connectivity index (χ3v) is 3.14. The van der Waals surface area contributed by atoms with Crippen LogP contribution in [0.4, 0.5) is 4.79 Å². The monoisotopic (exact) mass is 274 g/mol. The Kier molecular flexibility index (Phi) is 8.02. The van der Waals surface area contributed by atoms with Crippen LogP contribution in [0.15, 0.2) is 0 Å². The molecule has 5 heteroatoms. The van der Waals surface area contributed by atoms with Crippen molar-refractivity contribution in [1.29, 1.82) is 0 Å². The van der Waals surface area contributed by atoms with Crippen LogP contribution in [0.25, 0.3) is 0 Å². The van der Waals surface area contributed by atoms with Crippen LogP contribution in [0.2, 0.25) is 0 Å². The molecule has 4 N–H and O–H groups in total. The lowest BCUT2D eigenvalue weighted by Crippen LogP contribution is -2.47. The normalized spacial score (nSPS) is 15.2. The van der Waals surface area contributed by atoms with Crippen LogP contribution in [0, 0.1) is 11.3 Å². The van der Waals surface area contributed by atoms with E-state index in [0.717, 1.165) is 0 Å². The van der Waals surface area contributed by atoms with Crippen molar-refractivity contribution in [3.05, 3.63) is 0 Å². The van der Waals surface area contributed by atoms with Gasteiger partial charge in [0.05, 0.1) is 6.10 Å². The van der Waals surface area contributed by atoms with E-state index in [0.29, 0.717) is 19.4 Å². The fourth-order valence-corrected chi connectivity index (χ4v) is 2.12. The summed E-state index contributed by atoms with van der Waals surface area (Å²) in [5.41, 5.74) is -0.143. The predicted molar refractivity (Wildman–Crippen MR) is 76.9 cm³/mol. The molecule has 0 aromatic heterocycles. The Hall–Kier alpha value is -0.810. The van der Waals surface area contributed by atoms with Gasteiger partial charge in [-0.15, -0.1) is 0 Å². The zero-order valence-corrected chi connectivity index (χ0v) is 12.9. The van der Waals surface area contributed by atoms with Crippen LogP contribution >= 0.6 is 0 Å². The van der Waals surface area contributed by atoms with Crippen molar-refractivity contribution in [2.24, 2.45) is 11.3 Å². The highest BCUT2D eigenvalue weighted by molar-refractivity contribution is 5.74. The number of aliphatic hydroxyl groups is 2. The van der Waals surface area contributed by atoms with Crippen molar-refractivity contribution >= 4 is 6.03 Å². The molecule has 2 amide bonds. The summed E-state index contributed by atoms with van der Waals surface area (Å²) >= 11 is 0. The van der Waals surface area contributed by atoms with Gasteiger partial charge in [-0.25, -0.2) is 4.79 Å². The number of amides is 2. The molecular weight excluding hydrogens is 244 g/mol. The van der Waals surface area contributed by atoms with E-state index >= 15 is 0 Å². The molecule has 2 atom stereocenters. The van der Waals surface area contributed by atoms with E-state index in [4.69, 9.17) is 5.11 Å². The third-order valence-electron chi connectivity index (χ3n) is 3.14. The SMILES string of the molecule is CC(O)CC(C)(C)CNC(=O)NC(CCO)C(C)C. The first-order valence-corrected chi connectivity index (χ1v) is 7.01. The lowest BCUT2D eigenvalue weighted by Gasteiger charge is -2.28. The first-order valence-electron chi connectivity index (χ1n) is 7.01. The minimum Gasteiger partial charge on any atom is -0.396 e. The second-order valence-electron chi connectivity index (χ2n) is 6.41. The van der Waals surface area contributed by atoms with E-state index in [1.807, 2.05) is 27.7 Å². The summed E-state index contributed by atoms with van der Waals surface area (Å²) in [7, 11) is 0. The van der Waals surface area contributed by atoms with Crippen molar-refractivity contribution < 1.29 is 15.0 Å². The first-order chi connectivity index (χ1) is 8.68. The number of hydrogen-bond donors (Lipinski definition) is 4. The van der Waals surface area contributed by atoms with Gasteiger partial charge in [0.1, 0.15) is 0 Å². The molecule has 0 bridgehead atoms. The number of nitrogens with one attached hydrogen (secondary N) is 2. The van der Waals surface area contributed by atoms with Crippen molar-refractivity contribution in [3.63, 3.8) is 0 Å². The molecule has 0 spiro atoms. The van der Waals surface area contributed by atoms with Crippen molar-refractivity contribution in [3.8, 4) is 0 Å². The zero-order valence-electron chi connectivity index (χ0n) is 12.9. The number of carbonyl (C=O) groups is 1. The number of urea groups is 1. The highest BCUT2D eigenvalue weighted by atomic mass is 16.3. The third kappa shape index (κ3) is 8.83. The van der Waals surface area contributed by atoms with E-state index in [1.54, 1.807) is 6.92 Å². The molecule has 0 fully saturated rings. The summed E-state index contributed by atoms with van der Waals surface area (Å²) in [5, 5.41) is 24.0. The fourth-order valence-electron chi connectivity index (χ4n) is 2.12. The molecule has 0 saturated carbocycles. The molecule has 0 rings (SSSR count). The van der Waals surface area contributed by atoms with Crippen LogP contribution in [0.1, 0.15) is 47.5 Å². The molecule has 2 unspecified atom stereocenters. The van der Waals surface area contributed by atoms with E-state index in [-0.39, 0.29) is 36.1 Å². The maximum Gasteiger partial charge on any atom is 0.315 e. The minimum absolute atomic E-state index is 0.0233. The van der Waals surface area contributed by atoms with Gasteiger partial charge in [0.2, 0.25) is 0 Å². The Morgan fingerprint density at radius 3 is 2.26 bits per heavy atom. The summed E-state index contributed by atoms with van der Waals surface area (Å²) in [4.78, 5) is 11.8. The Morgan fingerprint density at radius 2 is 1.84 bits per heavy atom. The molecule has 0 heterocycles. The summed E-state index contributed by atoms with van der Waals surface area (Å²) in [6, 6.07) is -0.240. The Labute approximate surface area is 116 Å². The Balaban J connectivity index is 4.16. The highest BCUT2D eigenvalue weighted by Gasteiger charge is 2.22. The molecule has 5 nitrogen and oxygen atoms in total. The van der Waals surface area contributed by atoms with Crippen LogP contribution in [-0.4, -0.2) is 41.5 Å². The lowest BCUT2D eigenvalue weighted by atomic mass is 9.87. The minimum atomic E-state index is -0.377. The zero-order chi connectivity index (χ0) is 15.1. The molecule has 0 aromatic carbocycles. The standard InChI is InChI=1S/C14H30N2O3/c1-10(2)12(6-7-17)16-13(19)15-9-14(4,5)8-11(3)18/h10-12,17-18H,6-9H2,1-5H3,(H2,15,16,19). The molecule has 0 aromatic rings. The van der Waals surface area contributed by atoms with Gasteiger partial charge in [-0.3, -0.25) is 0 Å². The van der Waals surface area contributed by atoms with Gasteiger partial charge >= 0.3 is 6.03 Å². The quantitative estimate of drug-likeness (QED) is 0.541. The van der Waals surface area contributed by atoms with E-state index in [2.05, 4.69) is 10.6 Å². The topological polar surface area (TPSA) is 81.6 Å². The number of aliphatic hydroxyl groups excluding tert-OH is 2. The average molecular weight is 274 g/mol. The van der Waals surface area contributed by atoms with Gasteiger partial charge in [0.25, 0.3) is 0 Å². The van der Waals surface area contributed by atoms with Crippen molar-refractivity contribution in [2.45, 2.75) is 59.6 Å². The van der Waals surface area contributed by atoms with Gasteiger partial charge in [-0.05, 0) is 31.1 Å². The van der Waals surface area contributed by atoms with Gasteiger partial charge in [0, 0.05) is 19.2 Å². The number of rotatable bonds is 8. The average Bonchev–Trinajstić information content (AvgIpc) is 2.24. The van der Waals surface area contributed by atoms with Gasteiger partial charge in [0.15, 0.2) is 0 Å².